The van der Waals surface area contributed by atoms with Crippen LogP contribution in [0.3, 0.4) is 0 Å². The third-order valence-electron chi connectivity index (χ3n) is 5.30. The first-order valence-electron chi connectivity index (χ1n) is 9.05. The largest absolute Gasteiger partial charge is 0.346 e. The molecule has 0 spiro atoms. The van der Waals surface area contributed by atoms with Gasteiger partial charge in [-0.25, -0.2) is 9.07 Å². The van der Waals surface area contributed by atoms with Crippen LogP contribution >= 0.6 is 0 Å². The average molecular weight is 342 g/mol. The van der Waals surface area contributed by atoms with Crippen LogP contribution in [-0.4, -0.2) is 34.3 Å². The lowest BCUT2D eigenvalue weighted by atomic mass is 9.99. The lowest BCUT2D eigenvalue weighted by molar-refractivity contribution is 0.0913. The minimum Gasteiger partial charge on any atom is -0.346 e. The van der Waals surface area contributed by atoms with Gasteiger partial charge in [0.2, 0.25) is 0 Å². The second-order valence-corrected chi connectivity index (χ2v) is 6.96. The Kier molecular flexibility index (Phi) is 4.29. The fourth-order valence-electron chi connectivity index (χ4n) is 3.92. The van der Waals surface area contributed by atoms with Gasteiger partial charge in [0, 0.05) is 23.3 Å². The molecule has 1 amide bonds. The molecule has 6 heteroatoms. The number of nitrogens with one attached hydrogen (secondary N) is 2. The quantitative estimate of drug-likeness (QED) is 0.900. The zero-order valence-electron chi connectivity index (χ0n) is 14.4. The second kappa shape index (κ2) is 6.59. The zero-order valence-corrected chi connectivity index (χ0v) is 14.4. The summed E-state index contributed by atoms with van der Waals surface area (Å²) < 4.78 is 15.8. The summed E-state index contributed by atoms with van der Waals surface area (Å²) in [6, 6.07) is 6.93. The SMILES string of the molecule is CC1NCCCC1NC(=O)c1nn(-c2ccccc2F)c2c1CCC2. The summed E-state index contributed by atoms with van der Waals surface area (Å²) in [5.41, 5.74) is 2.79. The van der Waals surface area contributed by atoms with Crippen LogP contribution in [0.15, 0.2) is 24.3 Å². The number of carbonyl (C=O) groups excluding carboxylic acids is 1. The molecule has 132 valence electrons. The molecule has 1 aliphatic carbocycles. The van der Waals surface area contributed by atoms with Crippen molar-refractivity contribution in [3.05, 3.63) is 47.0 Å². The number of hydrogen-bond donors (Lipinski definition) is 2. The molecule has 2 heterocycles. The van der Waals surface area contributed by atoms with Crippen LogP contribution in [0.1, 0.15) is 47.9 Å². The van der Waals surface area contributed by atoms with Crippen molar-refractivity contribution in [2.45, 2.75) is 51.1 Å². The molecular weight excluding hydrogens is 319 g/mol. The van der Waals surface area contributed by atoms with Crippen LogP contribution in [0.4, 0.5) is 4.39 Å². The van der Waals surface area contributed by atoms with Crippen molar-refractivity contribution in [2.75, 3.05) is 6.54 Å². The van der Waals surface area contributed by atoms with Gasteiger partial charge in [0.25, 0.3) is 5.91 Å². The monoisotopic (exact) mass is 342 g/mol. The Morgan fingerprint density at radius 3 is 2.96 bits per heavy atom. The number of fused-ring (bicyclic) bond motifs is 1. The minimum atomic E-state index is -0.322. The predicted molar refractivity (Wildman–Crippen MR) is 93.5 cm³/mol. The van der Waals surface area contributed by atoms with Gasteiger partial charge in [-0.2, -0.15) is 5.10 Å². The van der Waals surface area contributed by atoms with Gasteiger partial charge in [0.05, 0.1) is 0 Å². The first-order valence-corrected chi connectivity index (χ1v) is 9.05. The average Bonchev–Trinajstić information content (AvgIpc) is 3.20. The summed E-state index contributed by atoms with van der Waals surface area (Å²) in [6.07, 6.45) is 4.65. The highest BCUT2D eigenvalue weighted by molar-refractivity contribution is 5.94. The van der Waals surface area contributed by atoms with Gasteiger partial charge < -0.3 is 10.6 Å². The lowest BCUT2D eigenvalue weighted by Crippen LogP contribution is -2.52. The number of rotatable bonds is 3. The van der Waals surface area contributed by atoms with E-state index in [4.69, 9.17) is 0 Å². The van der Waals surface area contributed by atoms with E-state index < -0.39 is 0 Å². The molecule has 2 aromatic rings. The number of nitrogens with zero attached hydrogens (tertiary/aromatic N) is 2. The maximum absolute atomic E-state index is 14.2. The van der Waals surface area contributed by atoms with E-state index in [-0.39, 0.29) is 23.8 Å². The Bertz CT molecular complexity index is 801. The number of amides is 1. The number of aromatic nitrogens is 2. The fourth-order valence-corrected chi connectivity index (χ4v) is 3.92. The van der Waals surface area contributed by atoms with E-state index >= 15 is 0 Å². The summed E-state index contributed by atoms with van der Waals surface area (Å²) in [6.45, 7) is 3.08. The highest BCUT2D eigenvalue weighted by atomic mass is 19.1. The van der Waals surface area contributed by atoms with Crippen LogP contribution in [0.5, 0.6) is 0 Å². The molecule has 4 rings (SSSR count). The van der Waals surface area contributed by atoms with E-state index in [1.165, 1.54) is 6.07 Å². The van der Waals surface area contributed by atoms with E-state index in [1.54, 1.807) is 22.9 Å². The number of halogens is 1. The summed E-state index contributed by atoms with van der Waals surface area (Å²) in [5, 5.41) is 11.0. The number of para-hydroxylation sites is 1. The van der Waals surface area contributed by atoms with Crippen molar-refractivity contribution in [3.8, 4) is 5.69 Å². The molecule has 0 bridgehead atoms. The minimum absolute atomic E-state index is 0.108. The van der Waals surface area contributed by atoms with Gasteiger partial charge in [-0.1, -0.05) is 12.1 Å². The maximum Gasteiger partial charge on any atom is 0.272 e. The summed E-state index contributed by atoms with van der Waals surface area (Å²) in [4.78, 5) is 12.8. The van der Waals surface area contributed by atoms with Gasteiger partial charge in [-0.3, -0.25) is 4.79 Å². The van der Waals surface area contributed by atoms with E-state index in [0.29, 0.717) is 11.4 Å². The fraction of sp³-hybridized carbons (Fsp3) is 0.474. The number of benzene rings is 1. The molecule has 1 aromatic heterocycles. The topological polar surface area (TPSA) is 58.9 Å². The Morgan fingerprint density at radius 2 is 2.16 bits per heavy atom. The van der Waals surface area contributed by atoms with Gasteiger partial charge in [-0.05, 0) is 57.7 Å². The molecule has 0 saturated carbocycles. The van der Waals surface area contributed by atoms with E-state index in [9.17, 15) is 9.18 Å². The lowest BCUT2D eigenvalue weighted by Gasteiger charge is -2.30. The van der Waals surface area contributed by atoms with E-state index in [2.05, 4.69) is 22.7 Å². The molecular formula is C19H23FN4O. The van der Waals surface area contributed by atoms with E-state index in [0.717, 1.165) is 49.9 Å². The molecule has 1 fully saturated rings. The van der Waals surface area contributed by atoms with Gasteiger partial charge in [-0.15, -0.1) is 0 Å². The van der Waals surface area contributed by atoms with Crippen LogP contribution < -0.4 is 10.6 Å². The second-order valence-electron chi connectivity index (χ2n) is 6.96. The normalized spacial score (nSPS) is 22.6. The number of carbonyl (C=O) groups is 1. The third kappa shape index (κ3) is 2.95. The molecule has 5 nitrogen and oxygen atoms in total. The summed E-state index contributed by atoms with van der Waals surface area (Å²) >= 11 is 0. The smallest absolute Gasteiger partial charge is 0.272 e. The zero-order chi connectivity index (χ0) is 17.4. The van der Waals surface area contributed by atoms with Crippen molar-refractivity contribution >= 4 is 5.91 Å². The highest BCUT2D eigenvalue weighted by Crippen LogP contribution is 2.28. The van der Waals surface area contributed by atoms with Crippen molar-refractivity contribution in [1.82, 2.24) is 20.4 Å². The number of piperidine rings is 1. The molecule has 2 N–H and O–H groups in total. The first kappa shape index (κ1) is 16.3. The maximum atomic E-state index is 14.2. The molecule has 1 saturated heterocycles. The molecule has 25 heavy (non-hydrogen) atoms. The molecule has 2 atom stereocenters. The van der Waals surface area contributed by atoms with Gasteiger partial charge in [0.15, 0.2) is 5.69 Å². The van der Waals surface area contributed by atoms with Crippen LogP contribution in [-0.2, 0) is 12.8 Å². The van der Waals surface area contributed by atoms with Crippen molar-refractivity contribution < 1.29 is 9.18 Å². The molecule has 2 unspecified atom stereocenters. The van der Waals surface area contributed by atoms with Gasteiger partial charge >= 0.3 is 0 Å². The predicted octanol–water partition coefficient (Wildman–Crippen LogP) is 2.37. The number of hydrogen-bond acceptors (Lipinski definition) is 3. The standard InChI is InChI=1S/C19H23FN4O/c1-12-15(8-5-11-21-12)22-19(25)18-13-6-4-10-16(13)24(23-18)17-9-3-2-7-14(17)20/h2-3,7,9,12,15,21H,4-6,8,10-11H2,1H3,(H,22,25). The highest BCUT2D eigenvalue weighted by Gasteiger charge is 2.30. The Morgan fingerprint density at radius 1 is 1.32 bits per heavy atom. The van der Waals surface area contributed by atoms with Crippen molar-refractivity contribution in [2.24, 2.45) is 0 Å². The van der Waals surface area contributed by atoms with Crippen LogP contribution in [0.25, 0.3) is 5.69 Å². The molecule has 2 aliphatic rings. The van der Waals surface area contributed by atoms with E-state index in [1.807, 2.05) is 0 Å². The first-order chi connectivity index (χ1) is 12.1. The Hall–Kier alpha value is -2.21. The molecule has 1 aromatic carbocycles. The summed E-state index contributed by atoms with van der Waals surface area (Å²) in [7, 11) is 0. The molecule has 0 radical (unpaired) electrons. The molecule has 1 aliphatic heterocycles. The summed E-state index contributed by atoms with van der Waals surface area (Å²) in [5.74, 6) is -0.467. The van der Waals surface area contributed by atoms with Crippen molar-refractivity contribution in [3.63, 3.8) is 0 Å². The Balaban J connectivity index is 1.66. The van der Waals surface area contributed by atoms with Crippen LogP contribution in [0.2, 0.25) is 0 Å². The van der Waals surface area contributed by atoms with Crippen LogP contribution in [0, 0.1) is 5.82 Å². The van der Waals surface area contributed by atoms with Crippen molar-refractivity contribution in [1.29, 1.82) is 0 Å². The Labute approximate surface area is 146 Å². The third-order valence-corrected chi connectivity index (χ3v) is 5.30. The van der Waals surface area contributed by atoms with Gasteiger partial charge in [0.1, 0.15) is 11.5 Å².